The number of amides is 1. The molecular formula is C34H29FN4O4. The lowest BCUT2D eigenvalue weighted by atomic mass is 9.97. The van der Waals surface area contributed by atoms with Crippen molar-refractivity contribution in [1.29, 1.82) is 0 Å². The van der Waals surface area contributed by atoms with Crippen LogP contribution in [0.3, 0.4) is 0 Å². The second kappa shape index (κ2) is 11.8. The minimum absolute atomic E-state index is 0.0439. The first-order valence-electron chi connectivity index (χ1n) is 13.7. The first-order chi connectivity index (χ1) is 20.9. The zero-order valence-electron chi connectivity index (χ0n) is 23.7. The second-order valence-electron chi connectivity index (χ2n) is 10.2. The number of rotatable bonds is 9. The molecule has 0 saturated carbocycles. The maximum atomic E-state index is 13.9. The smallest absolute Gasteiger partial charge is 0.252 e. The summed E-state index contributed by atoms with van der Waals surface area (Å²) in [6, 6.07) is 21.2. The van der Waals surface area contributed by atoms with E-state index in [1.807, 2.05) is 48.5 Å². The van der Waals surface area contributed by atoms with Gasteiger partial charge in [-0.2, -0.15) is 0 Å². The maximum Gasteiger partial charge on any atom is 0.252 e. The van der Waals surface area contributed by atoms with Gasteiger partial charge in [0.2, 0.25) is 5.88 Å². The summed E-state index contributed by atoms with van der Waals surface area (Å²) < 4.78 is 26.7. The fraction of sp³-hybridized carbons (Fsp3) is 0.147. The highest BCUT2D eigenvalue weighted by atomic mass is 19.1. The van der Waals surface area contributed by atoms with E-state index in [0.29, 0.717) is 45.1 Å². The molecule has 0 atom stereocenters. The third-order valence-electron chi connectivity index (χ3n) is 7.32. The van der Waals surface area contributed by atoms with Crippen molar-refractivity contribution in [2.24, 2.45) is 7.05 Å². The van der Waals surface area contributed by atoms with E-state index < -0.39 is 0 Å². The molecule has 1 amide bonds. The summed E-state index contributed by atoms with van der Waals surface area (Å²) in [5.74, 6) is 0.408. The largest absolute Gasteiger partial charge is 0.497 e. The number of pyridine rings is 2. The van der Waals surface area contributed by atoms with Crippen LogP contribution >= 0.6 is 0 Å². The lowest BCUT2D eigenvalue weighted by Crippen LogP contribution is -2.24. The van der Waals surface area contributed by atoms with Gasteiger partial charge in [-0.25, -0.2) is 4.39 Å². The molecule has 0 saturated heterocycles. The van der Waals surface area contributed by atoms with E-state index in [2.05, 4.69) is 10.3 Å². The quantitative estimate of drug-likeness (QED) is 0.217. The highest BCUT2D eigenvalue weighted by molar-refractivity contribution is 6.21. The zero-order valence-corrected chi connectivity index (χ0v) is 23.7. The summed E-state index contributed by atoms with van der Waals surface area (Å²) in [5.41, 5.74) is 4.14. The molecule has 6 aromatic rings. The number of ether oxygens (including phenoxy) is 2. The fourth-order valence-corrected chi connectivity index (χ4v) is 5.13. The molecule has 3 heterocycles. The number of aromatic nitrogens is 3. The van der Waals surface area contributed by atoms with E-state index in [1.54, 1.807) is 49.4 Å². The molecule has 0 aliphatic carbocycles. The van der Waals surface area contributed by atoms with Gasteiger partial charge in [0.05, 0.1) is 30.3 Å². The molecule has 6 rings (SSSR count). The molecule has 0 spiro atoms. The monoisotopic (exact) mass is 576 g/mol. The van der Waals surface area contributed by atoms with Crippen molar-refractivity contribution < 1.29 is 23.8 Å². The van der Waals surface area contributed by atoms with Crippen LogP contribution in [0.5, 0.6) is 17.4 Å². The lowest BCUT2D eigenvalue weighted by molar-refractivity contribution is 0.0953. The average molecular weight is 577 g/mol. The number of aryl methyl sites for hydroxylation is 1. The Morgan fingerprint density at radius 3 is 2.47 bits per heavy atom. The van der Waals surface area contributed by atoms with Gasteiger partial charge in [-0.3, -0.25) is 14.8 Å². The lowest BCUT2D eigenvalue weighted by Gasteiger charge is -2.16. The maximum absolute atomic E-state index is 13.9. The minimum Gasteiger partial charge on any atom is -0.497 e. The Morgan fingerprint density at radius 1 is 0.977 bits per heavy atom. The molecule has 0 aliphatic rings. The van der Waals surface area contributed by atoms with E-state index >= 15 is 0 Å². The fourth-order valence-electron chi connectivity index (χ4n) is 5.13. The molecule has 3 aromatic heterocycles. The average Bonchev–Trinajstić information content (AvgIpc) is 3.32. The van der Waals surface area contributed by atoms with Crippen LogP contribution in [-0.4, -0.2) is 32.7 Å². The molecule has 8 nitrogen and oxygen atoms in total. The number of halogens is 1. The Kier molecular flexibility index (Phi) is 7.61. The number of fused-ring (bicyclic) bond motifs is 2. The van der Waals surface area contributed by atoms with Crippen molar-refractivity contribution in [1.82, 2.24) is 19.9 Å². The van der Waals surface area contributed by atoms with Crippen molar-refractivity contribution in [2.45, 2.75) is 19.6 Å². The molecule has 216 valence electrons. The number of nitrogens with zero attached hydrogens (tertiary/aromatic N) is 3. The molecule has 43 heavy (non-hydrogen) atoms. The zero-order chi connectivity index (χ0) is 29.9. The summed E-state index contributed by atoms with van der Waals surface area (Å²) >= 11 is 0. The molecular weight excluding hydrogens is 547 g/mol. The highest BCUT2D eigenvalue weighted by Crippen LogP contribution is 2.43. The first-order valence-corrected chi connectivity index (χ1v) is 13.7. The Labute approximate surface area is 247 Å². The molecule has 0 unspecified atom stereocenters. The van der Waals surface area contributed by atoms with Crippen molar-refractivity contribution in [3.8, 4) is 17.4 Å². The van der Waals surface area contributed by atoms with Crippen LogP contribution < -0.4 is 14.8 Å². The molecule has 2 N–H and O–H groups in total. The molecule has 0 fully saturated rings. The SMILES string of the molecule is COc1ccc(COc2c3ncc(Cc4ccc(F)cc4)cc3c(C(=O)NCc3ccccn3)c3cn(C)c(O)c23)cc1. The molecule has 3 aromatic carbocycles. The van der Waals surface area contributed by atoms with Crippen LogP contribution in [0, 0.1) is 5.82 Å². The summed E-state index contributed by atoms with van der Waals surface area (Å²) in [6.45, 7) is 0.423. The Morgan fingerprint density at radius 2 is 1.74 bits per heavy atom. The van der Waals surface area contributed by atoms with Crippen LogP contribution in [0.4, 0.5) is 4.39 Å². The van der Waals surface area contributed by atoms with Gasteiger partial charge < -0.3 is 24.5 Å². The van der Waals surface area contributed by atoms with Crippen molar-refractivity contribution in [3.63, 3.8) is 0 Å². The van der Waals surface area contributed by atoms with E-state index in [1.165, 1.54) is 12.1 Å². The minimum atomic E-state index is -0.339. The Balaban J connectivity index is 1.48. The summed E-state index contributed by atoms with van der Waals surface area (Å²) in [6.07, 6.45) is 5.59. The number of aromatic hydroxyl groups is 1. The van der Waals surface area contributed by atoms with Crippen molar-refractivity contribution >= 4 is 27.6 Å². The number of carbonyl (C=O) groups is 1. The van der Waals surface area contributed by atoms with Crippen LogP contribution in [0.1, 0.15) is 32.7 Å². The van der Waals surface area contributed by atoms with Gasteiger partial charge in [0, 0.05) is 36.4 Å². The number of hydrogen-bond acceptors (Lipinski definition) is 6. The van der Waals surface area contributed by atoms with E-state index in [0.717, 1.165) is 22.4 Å². The van der Waals surface area contributed by atoms with Crippen LogP contribution in [0.15, 0.2) is 91.4 Å². The van der Waals surface area contributed by atoms with Gasteiger partial charge in [-0.1, -0.05) is 30.3 Å². The first kappa shape index (κ1) is 27.7. The van der Waals surface area contributed by atoms with E-state index in [9.17, 15) is 14.3 Å². The van der Waals surface area contributed by atoms with Gasteiger partial charge >= 0.3 is 0 Å². The topological polar surface area (TPSA) is 98.5 Å². The number of methoxy groups -OCH3 is 1. The van der Waals surface area contributed by atoms with E-state index in [-0.39, 0.29) is 30.8 Å². The number of benzene rings is 3. The van der Waals surface area contributed by atoms with Crippen LogP contribution in [0.2, 0.25) is 0 Å². The standard InChI is InChI=1S/C34H29FN4O4/c1-39-19-28-29(33(40)38-18-25-5-3-4-14-36-25)27-16-23(15-21-6-10-24(35)11-7-21)17-37-31(27)32(30(28)34(39)41)43-20-22-8-12-26(42-2)13-9-22/h3-14,16-17,19,41H,15,18,20H2,1-2H3,(H,38,40). The predicted molar refractivity (Wildman–Crippen MR) is 162 cm³/mol. The van der Waals surface area contributed by atoms with Gasteiger partial charge in [-0.15, -0.1) is 0 Å². The molecule has 9 heteroatoms. The molecule has 0 radical (unpaired) electrons. The third kappa shape index (κ3) is 5.70. The van der Waals surface area contributed by atoms with Crippen LogP contribution in [-0.2, 0) is 26.6 Å². The predicted octanol–water partition coefficient (Wildman–Crippen LogP) is 6.07. The highest BCUT2D eigenvalue weighted by Gasteiger charge is 2.25. The number of hydrogen-bond donors (Lipinski definition) is 2. The van der Waals surface area contributed by atoms with Crippen LogP contribution in [0.25, 0.3) is 21.7 Å². The van der Waals surface area contributed by atoms with Gasteiger partial charge in [0.25, 0.3) is 5.91 Å². The molecule has 0 bridgehead atoms. The number of nitrogens with one attached hydrogen (secondary N) is 1. The van der Waals surface area contributed by atoms with E-state index in [4.69, 9.17) is 14.5 Å². The Bertz CT molecular complexity index is 1920. The number of carbonyl (C=O) groups excluding carboxylic acids is 1. The third-order valence-corrected chi connectivity index (χ3v) is 7.32. The summed E-state index contributed by atoms with van der Waals surface area (Å²) in [4.78, 5) is 22.9. The normalized spacial score (nSPS) is 11.1. The van der Waals surface area contributed by atoms with Gasteiger partial charge in [0.15, 0.2) is 5.75 Å². The van der Waals surface area contributed by atoms with Gasteiger partial charge in [0.1, 0.15) is 23.7 Å². The van der Waals surface area contributed by atoms with Crippen molar-refractivity contribution in [2.75, 3.05) is 7.11 Å². The summed E-state index contributed by atoms with van der Waals surface area (Å²) in [5, 5.41) is 15.6. The second-order valence-corrected chi connectivity index (χ2v) is 10.2. The van der Waals surface area contributed by atoms with Crippen molar-refractivity contribution in [3.05, 3.63) is 125 Å². The van der Waals surface area contributed by atoms with Gasteiger partial charge in [-0.05, 0) is 65.6 Å². The molecule has 0 aliphatic heterocycles. The summed E-state index contributed by atoms with van der Waals surface area (Å²) in [7, 11) is 3.31. The Hall–Kier alpha value is -5.44.